The van der Waals surface area contributed by atoms with E-state index in [4.69, 9.17) is 14.2 Å². The first-order chi connectivity index (χ1) is 20.9. The molecule has 3 fully saturated rings. The Labute approximate surface area is 247 Å². The molecule has 2 saturated heterocycles. The first kappa shape index (κ1) is 29.0. The summed E-state index contributed by atoms with van der Waals surface area (Å²) in [7, 11) is 1.35. The number of fused-ring (bicyclic) bond motifs is 1. The molecule has 2 amide bonds. The molecule has 1 aromatic carbocycles. The Balaban J connectivity index is 1.18. The summed E-state index contributed by atoms with van der Waals surface area (Å²) in [5.74, 6) is 0.319. The predicted octanol–water partition coefficient (Wildman–Crippen LogP) is 3.48. The smallest absolute Gasteiger partial charge is 0.409 e. The predicted molar refractivity (Wildman–Crippen MR) is 152 cm³/mol. The summed E-state index contributed by atoms with van der Waals surface area (Å²) in [4.78, 5) is 41.8. The van der Waals surface area contributed by atoms with Gasteiger partial charge in [0.2, 0.25) is 17.7 Å². The van der Waals surface area contributed by atoms with Gasteiger partial charge in [-0.05, 0) is 37.8 Å². The lowest BCUT2D eigenvalue weighted by molar-refractivity contribution is -0.127. The van der Waals surface area contributed by atoms with Gasteiger partial charge in [-0.1, -0.05) is 12.1 Å². The molecule has 0 radical (unpaired) electrons. The SMILES string of the molecule is COC(=O)N1CCC(C(=O)N[C@H]2CC[C@H](Oc3cc(-n4c(C(F)F)nc5ccccc54)nc(N4CCOCC4)n3)C2)CC1. The van der Waals surface area contributed by atoms with Gasteiger partial charge in [0.05, 0.1) is 31.4 Å². The number of benzene rings is 1. The number of hydrogen-bond donors (Lipinski definition) is 1. The highest BCUT2D eigenvalue weighted by Gasteiger charge is 2.33. The lowest BCUT2D eigenvalue weighted by atomic mass is 9.95. The fourth-order valence-corrected chi connectivity index (χ4v) is 6.03. The molecular weight excluding hydrogens is 564 g/mol. The number of ether oxygens (including phenoxy) is 3. The molecule has 0 bridgehead atoms. The van der Waals surface area contributed by atoms with Crippen LogP contribution in [0.1, 0.15) is 44.4 Å². The van der Waals surface area contributed by atoms with E-state index in [0.717, 1.165) is 6.42 Å². The van der Waals surface area contributed by atoms with E-state index in [9.17, 15) is 18.4 Å². The number of hydrogen-bond acceptors (Lipinski definition) is 9. The van der Waals surface area contributed by atoms with E-state index < -0.39 is 12.2 Å². The molecule has 3 aliphatic rings. The van der Waals surface area contributed by atoms with Crippen LogP contribution in [0.15, 0.2) is 30.3 Å². The van der Waals surface area contributed by atoms with Crippen molar-refractivity contribution in [2.45, 2.75) is 50.7 Å². The van der Waals surface area contributed by atoms with Crippen molar-refractivity contribution < 1.29 is 32.6 Å². The number of morpholine rings is 1. The molecule has 1 aliphatic carbocycles. The number of carbonyl (C=O) groups is 2. The van der Waals surface area contributed by atoms with Crippen LogP contribution in [0.4, 0.5) is 19.5 Å². The minimum Gasteiger partial charge on any atom is -0.474 e. The molecule has 2 aromatic heterocycles. The average molecular weight is 600 g/mol. The number of aromatic nitrogens is 4. The van der Waals surface area contributed by atoms with Gasteiger partial charge in [0.1, 0.15) is 11.9 Å². The molecule has 12 nitrogen and oxygen atoms in total. The molecule has 2 aliphatic heterocycles. The Bertz CT molecular complexity index is 1460. The second kappa shape index (κ2) is 12.7. The summed E-state index contributed by atoms with van der Waals surface area (Å²) < 4.78 is 46.2. The third-order valence-electron chi connectivity index (χ3n) is 8.30. The fourth-order valence-electron chi connectivity index (χ4n) is 6.03. The van der Waals surface area contributed by atoms with Crippen molar-refractivity contribution in [2.75, 3.05) is 51.4 Å². The number of carbonyl (C=O) groups excluding carboxylic acids is 2. The highest BCUT2D eigenvalue weighted by atomic mass is 19.3. The number of para-hydroxylation sites is 2. The van der Waals surface area contributed by atoms with Crippen LogP contribution in [-0.2, 0) is 14.3 Å². The Hall–Kier alpha value is -4.07. The molecule has 0 spiro atoms. The monoisotopic (exact) mass is 599 g/mol. The van der Waals surface area contributed by atoms with Gasteiger partial charge >= 0.3 is 6.09 Å². The van der Waals surface area contributed by atoms with E-state index in [1.165, 1.54) is 11.7 Å². The summed E-state index contributed by atoms with van der Waals surface area (Å²) in [6, 6.07) is 8.46. The molecule has 1 N–H and O–H groups in total. The second-order valence-electron chi connectivity index (χ2n) is 11.0. The molecule has 4 heterocycles. The number of nitrogens with zero attached hydrogens (tertiary/aromatic N) is 6. The molecule has 6 rings (SSSR count). The van der Waals surface area contributed by atoms with Gasteiger partial charge in [-0.2, -0.15) is 9.97 Å². The van der Waals surface area contributed by atoms with Gasteiger partial charge in [0.25, 0.3) is 6.43 Å². The molecule has 2 atom stereocenters. The fraction of sp³-hybridized carbons (Fsp3) is 0.552. The van der Waals surface area contributed by atoms with Crippen LogP contribution in [0.3, 0.4) is 0 Å². The Morgan fingerprint density at radius 2 is 1.79 bits per heavy atom. The van der Waals surface area contributed by atoms with Gasteiger partial charge < -0.3 is 29.3 Å². The Morgan fingerprint density at radius 3 is 2.53 bits per heavy atom. The Kier molecular flexibility index (Phi) is 8.54. The summed E-state index contributed by atoms with van der Waals surface area (Å²) in [5, 5.41) is 3.16. The number of piperidine rings is 1. The van der Waals surface area contributed by atoms with Crippen LogP contribution >= 0.6 is 0 Å². The second-order valence-corrected chi connectivity index (χ2v) is 11.0. The zero-order valence-electron chi connectivity index (χ0n) is 24.0. The summed E-state index contributed by atoms with van der Waals surface area (Å²) in [5.41, 5.74) is 0.952. The molecule has 3 aromatic rings. The number of amides is 2. The summed E-state index contributed by atoms with van der Waals surface area (Å²) in [6.45, 7) is 3.11. The van der Waals surface area contributed by atoms with Crippen LogP contribution in [0.2, 0.25) is 0 Å². The standard InChI is InChI=1S/C29H35F2N7O5/c1-41-29(40)37-10-8-18(9-11-37)27(39)32-19-6-7-20(16-19)43-24-17-23(34-28(35-24)36-12-14-42-15-13-36)38-22-5-3-2-4-21(22)33-26(38)25(30)31/h2-5,17-20,25H,6-16H2,1H3,(H,32,39)/t19-,20-/m0/s1. The molecule has 0 unspecified atom stereocenters. The average Bonchev–Trinajstić information content (AvgIpc) is 3.65. The quantitative estimate of drug-likeness (QED) is 0.435. The number of alkyl halides is 2. The van der Waals surface area contributed by atoms with Gasteiger partial charge in [-0.3, -0.25) is 9.36 Å². The number of halogens is 2. The normalized spacial score (nSPS) is 21.4. The Morgan fingerprint density at radius 1 is 1.02 bits per heavy atom. The maximum Gasteiger partial charge on any atom is 0.409 e. The van der Waals surface area contributed by atoms with Crippen LogP contribution in [0.25, 0.3) is 16.9 Å². The molecule has 230 valence electrons. The van der Waals surface area contributed by atoms with Crippen molar-refractivity contribution in [2.24, 2.45) is 5.92 Å². The van der Waals surface area contributed by atoms with Crippen molar-refractivity contribution in [1.82, 2.24) is 29.7 Å². The number of rotatable bonds is 7. The lowest BCUT2D eigenvalue weighted by Crippen LogP contribution is -2.45. The minimum atomic E-state index is -2.81. The maximum atomic E-state index is 14.1. The zero-order valence-corrected chi connectivity index (χ0v) is 24.0. The number of methoxy groups -OCH3 is 1. The van der Waals surface area contributed by atoms with E-state index >= 15 is 0 Å². The topological polar surface area (TPSA) is 124 Å². The van der Waals surface area contributed by atoms with Crippen LogP contribution < -0.4 is 15.0 Å². The number of nitrogens with one attached hydrogen (secondary N) is 1. The van der Waals surface area contributed by atoms with Crippen molar-refractivity contribution in [3.05, 3.63) is 36.2 Å². The van der Waals surface area contributed by atoms with Gasteiger partial charge in [-0.15, -0.1) is 0 Å². The number of anilines is 1. The molecular formula is C29H35F2N7O5. The first-order valence-electron chi connectivity index (χ1n) is 14.7. The van der Waals surface area contributed by atoms with Crippen LogP contribution in [0, 0.1) is 5.92 Å². The van der Waals surface area contributed by atoms with E-state index in [0.29, 0.717) is 82.1 Å². The summed E-state index contributed by atoms with van der Waals surface area (Å²) >= 11 is 0. The summed E-state index contributed by atoms with van der Waals surface area (Å²) in [6.07, 6.45) is -0.190. The third kappa shape index (κ3) is 6.33. The lowest BCUT2D eigenvalue weighted by Gasteiger charge is -2.30. The maximum absolute atomic E-state index is 14.1. The number of imidazole rings is 1. The van der Waals surface area contributed by atoms with Gasteiger partial charge in [-0.25, -0.2) is 18.6 Å². The third-order valence-corrected chi connectivity index (χ3v) is 8.30. The van der Waals surface area contributed by atoms with E-state index in [-0.39, 0.29) is 41.8 Å². The van der Waals surface area contributed by atoms with E-state index in [1.807, 2.05) is 4.90 Å². The highest BCUT2D eigenvalue weighted by Crippen LogP contribution is 2.31. The molecule has 14 heteroatoms. The number of likely N-dealkylation sites (tertiary alicyclic amines) is 1. The van der Waals surface area contributed by atoms with E-state index in [1.54, 1.807) is 35.2 Å². The highest BCUT2D eigenvalue weighted by molar-refractivity contribution is 5.79. The molecule has 43 heavy (non-hydrogen) atoms. The van der Waals surface area contributed by atoms with Crippen molar-refractivity contribution >= 4 is 29.0 Å². The van der Waals surface area contributed by atoms with Crippen molar-refractivity contribution in [1.29, 1.82) is 0 Å². The van der Waals surface area contributed by atoms with Gasteiger partial charge in [0.15, 0.2) is 5.82 Å². The van der Waals surface area contributed by atoms with Crippen molar-refractivity contribution in [3.63, 3.8) is 0 Å². The van der Waals surface area contributed by atoms with Crippen molar-refractivity contribution in [3.8, 4) is 11.7 Å². The van der Waals surface area contributed by atoms with Crippen LogP contribution in [-0.4, -0.2) is 95.1 Å². The van der Waals surface area contributed by atoms with E-state index in [2.05, 4.69) is 20.3 Å². The van der Waals surface area contributed by atoms with Gasteiger partial charge in [0, 0.05) is 50.6 Å². The zero-order chi connectivity index (χ0) is 29.9. The minimum absolute atomic E-state index is 0.0133. The largest absolute Gasteiger partial charge is 0.474 e. The molecule has 1 saturated carbocycles. The first-order valence-corrected chi connectivity index (χ1v) is 14.7. The van der Waals surface area contributed by atoms with Crippen LogP contribution in [0.5, 0.6) is 5.88 Å².